The van der Waals surface area contributed by atoms with Crippen LogP contribution in [0, 0.1) is 0 Å². The fourth-order valence-corrected chi connectivity index (χ4v) is 2.51. The number of sulfone groups is 1. The lowest BCUT2D eigenvalue weighted by Gasteiger charge is -2.12. The standard InChI is InChI=1S/C9H9ClO5S/c1-16(14,15)6-4-2-3-5(10)7(6)8(11)9(12)13/h2-4,8,11H,1H3,(H,12,13). The molecule has 7 heteroatoms. The van der Waals surface area contributed by atoms with Crippen LogP contribution in [0.15, 0.2) is 23.1 Å². The van der Waals surface area contributed by atoms with Crippen LogP contribution in [0.4, 0.5) is 0 Å². The molecule has 0 aliphatic rings. The molecule has 1 aromatic rings. The third-order valence-corrected chi connectivity index (χ3v) is 3.40. The van der Waals surface area contributed by atoms with Crippen LogP contribution in [-0.2, 0) is 14.6 Å². The van der Waals surface area contributed by atoms with E-state index in [-0.39, 0.29) is 15.5 Å². The highest BCUT2D eigenvalue weighted by Gasteiger charge is 2.26. The molecule has 0 amide bonds. The summed E-state index contributed by atoms with van der Waals surface area (Å²) in [5.41, 5.74) is -0.306. The minimum absolute atomic E-state index is 0.0992. The summed E-state index contributed by atoms with van der Waals surface area (Å²) in [4.78, 5) is 10.3. The van der Waals surface area contributed by atoms with E-state index < -0.39 is 21.9 Å². The summed E-state index contributed by atoms with van der Waals surface area (Å²) in [5, 5.41) is 17.9. The second-order valence-electron chi connectivity index (χ2n) is 3.16. The van der Waals surface area contributed by atoms with E-state index in [0.717, 1.165) is 6.26 Å². The maximum absolute atomic E-state index is 11.4. The van der Waals surface area contributed by atoms with Crippen molar-refractivity contribution in [3.05, 3.63) is 28.8 Å². The number of aliphatic hydroxyl groups excluding tert-OH is 1. The van der Waals surface area contributed by atoms with E-state index in [1.54, 1.807) is 0 Å². The Morgan fingerprint density at radius 2 is 2.00 bits per heavy atom. The van der Waals surface area contributed by atoms with Gasteiger partial charge in [-0.1, -0.05) is 17.7 Å². The largest absolute Gasteiger partial charge is 0.479 e. The van der Waals surface area contributed by atoms with Crippen molar-refractivity contribution in [2.24, 2.45) is 0 Å². The number of halogens is 1. The molecule has 0 heterocycles. The van der Waals surface area contributed by atoms with Crippen LogP contribution < -0.4 is 0 Å². The van der Waals surface area contributed by atoms with Gasteiger partial charge in [0, 0.05) is 16.8 Å². The van der Waals surface area contributed by atoms with Crippen LogP contribution >= 0.6 is 11.6 Å². The third kappa shape index (κ3) is 2.52. The number of carboxylic acid groups (broad SMARTS) is 1. The molecule has 0 saturated heterocycles. The molecule has 5 nitrogen and oxygen atoms in total. The molecule has 0 radical (unpaired) electrons. The molecule has 88 valence electrons. The first kappa shape index (κ1) is 13.0. The number of carbonyl (C=O) groups is 1. The molecule has 1 rings (SSSR count). The Balaban J connectivity index is 3.53. The minimum atomic E-state index is -3.64. The summed E-state index contributed by atoms with van der Waals surface area (Å²) in [6.07, 6.45) is -1.05. The van der Waals surface area contributed by atoms with Crippen molar-refractivity contribution >= 4 is 27.4 Å². The van der Waals surface area contributed by atoms with E-state index in [0.29, 0.717) is 0 Å². The summed E-state index contributed by atoms with van der Waals surface area (Å²) in [7, 11) is -3.64. The van der Waals surface area contributed by atoms with Crippen molar-refractivity contribution < 1.29 is 23.4 Å². The quantitative estimate of drug-likeness (QED) is 0.845. The Morgan fingerprint density at radius 3 is 2.44 bits per heavy atom. The van der Waals surface area contributed by atoms with Gasteiger partial charge in [-0.3, -0.25) is 0 Å². The molecule has 0 aliphatic heterocycles. The molecular weight excluding hydrogens is 256 g/mol. The second-order valence-corrected chi connectivity index (χ2v) is 5.56. The molecule has 0 aliphatic carbocycles. The van der Waals surface area contributed by atoms with Gasteiger partial charge in [0.05, 0.1) is 4.90 Å². The first-order valence-corrected chi connectivity index (χ1v) is 6.41. The van der Waals surface area contributed by atoms with Crippen molar-refractivity contribution in [2.45, 2.75) is 11.0 Å². The summed E-state index contributed by atoms with van der Waals surface area (Å²) < 4.78 is 22.7. The molecular formula is C9H9ClO5S. The zero-order valence-electron chi connectivity index (χ0n) is 8.21. The van der Waals surface area contributed by atoms with Crippen LogP contribution in [-0.4, -0.2) is 30.9 Å². The maximum Gasteiger partial charge on any atom is 0.337 e. The lowest BCUT2D eigenvalue weighted by molar-refractivity contribution is -0.147. The van der Waals surface area contributed by atoms with Crippen LogP contribution in [0.2, 0.25) is 5.02 Å². The molecule has 1 atom stereocenters. The van der Waals surface area contributed by atoms with Gasteiger partial charge >= 0.3 is 5.97 Å². The van der Waals surface area contributed by atoms with Crippen molar-refractivity contribution in [3.8, 4) is 0 Å². The molecule has 1 unspecified atom stereocenters. The average Bonchev–Trinajstić information content (AvgIpc) is 2.14. The fraction of sp³-hybridized carbons (Fsp3) is 0.222. The van der Waals surface area contributed by atoms with Gasteiger partial charge in [-0.25, -0.2) is 13.2 Å². The summed E-state index contributed by atoms with van der Waals surface area (Å²) in [6, 6.07) is 3.89. The molecule has 0 fully saturated rings. The highest BCUT2D eigenvalue weighted by Crippen LogP contribution is 2.29. The van der Waals surface area contributed by atoms with Crippen LogP contribution in [0.5, 0.6) is 0 Å². The van der Waals surface area contributed by atoms with E-state index in [4.69, 9.17) is 16.7 Å². The van der Waals surface area contributed by atoms with Gasteiger partial charge in [0.25, 0.3) is 0 Å². The van der Waals surface area contributed by atoms with E-state index in [2.05, 4.69) is 0 Å². The van der Waals surface area contributed by atoms with Crippen molar-refractivity contribution in [1.82, 2.24) is 0 Å². The highest BCUT2D eigenvalue weighted by atomic mass is 35.5. The minimum Gasteiger partial charge on any atom is -0.479 e. The van der Waals surface area contributed by atoms with E-state index in [1.165, 1.54) is 18.2 Å². The average molecular weight is 265 g/mol. The molecule has 2 N–H and O–H groups in total. The monoisotopic (exact) mass is 264 g/mol. The molecule has 0 spiro atoms. The summed E-state index contributed by atoms with van der Waals surface area (Å²) >= 11 is 5.69. The maximum atomic E-state index is 11.4. The van der Waals surface area contributed by atoms with Crippen LogP contribution in [0.1, 0.15) is 11.7 Å². The number of rotatable bonds is 3. The van der Waals surface area contributed by atoms with Gasteiger partial charge in [-0.2, -0.15) is 0 Å². The van der Waals surface area contributed by atoms with E-state index >= 15 is 0 Å². The van der Waals surface area contributed by atoms with Gasteiger partial charge in [0.1, 0.15) is 0 Å². The van der Waals surface area contributed by atoms with Gasteiger partial charge in [0.2, 0.25) is 0 Å². The molecule has 0 bridgehead atoms. The van der Waals surface area contributed by atoms with E-state index in [1.807, 2.05) is 0 Å². The Labute approximate surface area is 97.2 Å². The predicted octanol–water partition coefficient (Wildman–Crippen LogP) is 0.862. The summed E-state index contributed by atoms with van der Waals surface area (Å²) in [5.74, 6) is -1.56. The Hall–Kier alpha value is -1.11. The fourth-order valence-electron chi connectivity index (χ4n) is 1.23. The third-order valence-electron chi connectivity index (χ3n) is 1.92. The molecule has 0 saturated carbocycles. The lowest BCUT2D eigenvalue weighted by atomic mass is 10.1. The molecule has 0 aromatic heterocycles. The highest BCUT2D eigenvalue weighted by molar-refractivity contribution is 7.90. The van der Waals surface area contributed by atoms with Gasteiger partial charge < -0.3 is 10.2 Å². The van der Waals surface area contributed by atoms with Crippen molar-refractivity contribution in [1.29, 1.82) is 0 Å². The SMILES string of the molecule is CS(=O)(=O)c1cccc(Cl)c1C(O)C(=O)O. The van der Waals surface area contributed by atoms with Crippen LogP contribution in [0.3, 0.4) is 0 Å². The number of aliphatic hydroxyl groups is 1. The van der Waals surface area contributed by atoms with E-state index in [9.17, 15) is 18.3 Å². The Morgan fingerprint density at radius 1 is 1.44 bits per heavy atom. The lowest BCUT2D eigenvalue weighted by Crippen LogP contribution is -2.15. The molecule has 16 heavy (non-hydrogen) atoms. The van der Waals surface area contributed by atoms with Crippen molar-refractivity contribution in [3.63, 3.8) is 0 Å². The normalized spacial score (nSPS) is 13.4. The summed E-state index contributed by atoms with van der Waals surface area (Å²) in [6.45, 7) is 0. The topological polar surface area (TPSA) is 91.7 Å². The first-order chi connectivity index (χ1) is 7.25. The number of carboxylic acids is 1. The van der Waals surface area contributed by atoms with Crippen LogP contribution in [0.25, 0.3) is 0 Å². The number of benzene rings is 1. The zero-order chi connectivity index (χ0) is 12.5. The second kappa shape index (κ2) is 4.40. The number of hydrogen-bond acceptors (Lipinski definition) is 4. The van der Waals surface area contributed by atoms with Gasteiger partial charge in [-0.15, -0.1) is 0 Å². The number of aliphatic carboxylic acids is 1. The number of hydrogen-bond donors (Lipinski definition) is 2. The van der Waals surface area contributed by atoms with Gasteiger partial charge in [0.15, 0.2) is 15.9 Å². The van der Waals surface area contributed by atoms with Gasteiger partial charge in [-0.05, 0) is 12.1 Å². The zero-order valence-corrected chi connectivity index (χ0v) is 9.79. The Bertz CT molecular complexity index is 523. The Kier molecular flexibility index (Phi) is 3.57. The van der Waals surface area contributed by atoms with Crippen molar-refractivity contribution in [2.75, 3.05) is 6.26 Å². The smallest absolute Gasteiger partial charge is 0.337 e. The predicted molar refractivity (Wildman–Crippen MR) is 57.2 cm³/mol. The molecule has 1 aromatic carbocycles. The first-order valence-electron chi connectivity index (χ1n) is 4.14.